The molecule has 0 radical (unpaired) electrons. The molecule has 1 aliphatic heterocycles. The SMILES string of the molecule is CCc1noc([C@@H]2CCCN(C(=O)Cn3nc(C)cc3C)C2)n1. The van der Waals surface area contributed by atoms with Crippen LogP contribution in [0.25, 0.3) is 0 Å². The quantitative estimate of drug-likeness (QED) is 0.860. The zero-order valence-corrected chi connectivity index (χ0v) is 13.9. The van der Waals surface area contributed by atoms with Crippen LogP contribution in [0, 0.1) is 13.8 Å². The minimum absolute atomic E-state index is 0.0936. The van der Waals surface area contributed by atoms with E-state index in [0.29, 0.717) is 12.4 Å². The fraction of sp³-hybridized carbons (Fsp3) is 0.625. The number of likely N-dealkylation sites (tertiary alicyclic amines) is 1. The molecule has 1 saturated heterocycles. The fourth-order valence-corrected chi connectivity index (χ4v) is 3.05. The monoisotopic (exact) mass is 317 g/mol. The summed E-state index contributed by atoms with van der Waals surface area (Å²) in [5.74, 6) is 1.62. The van der Waals surface area contributed by atoms with Crippen LogP contribution in [0.2, 0.25) is 0 Å². The highest BCUT2D eigenvalue weighted by atomic mass is 16.5. The zero-order valence-electron chi connectivity index (χ0n) is 13.9. The van der Waals surface area contributed by atoms with Crippen molar-refractivity contribution in [2.75, 3.05) is 13.1 Å². The van der Waals surface area contributed by atoms with Crippen molar-refractivity contribution in [2.45, 2.75) is 52.5 Å². The van der Waals surface area contributed by atoms with Gasteiger partial charge in [0, 0.05) is 25.2 Å². The summed E-state index contributed by atoms with van der Waals surface area (Å²) < 4.78 is 7.11. The molecule has 0 aromatic carbocycles. The van der Waals surface area contributed by atoms with Gasteiger partial charge < -0.3 is 9.42 Å². The normalized spacial score (nSPS) is 18.4. The minimum Gasteiger partial charge on any atom is -0.340 e. The van der Waals surface area contributed by atoms with Gasteiger partial charge in [-0.05, 0) is 32.8 Å². The Bertz CT molecular complexity index is 690. The van der Waals surface area contributed by atoms with Gasteiger partial charge in [0.25, 0.3) is 0 Å². The van der Waals surface area contributed by atoms with Gasteiger partial charge in [0.2, 0.25) is 11.8 Å². The standard InChI is InChI=1S/C16H23N5O2/c1-4-14-17-16(23-19-14)13-6-5-7-20(9-13)15(22)10-21-12(3)8-11(2)18-21/h8,13H,4-7,9-10H2,1-3H3/t13-/m1/s1. The van der Waals surface area contributed by atoms with Crippen LogP contribution in [0.5, 0.6) is 0 Å². The van der Waals surface area contributed by atoms with Crippen LogP contribution in [-0.2, 0) is 17.8 Å². The first-order valence-electron chi connectivity index (χ1n) is 8.18. The van der Waals surface area contributed by atoms with E-state index in [-0.39, 0.29) is 18.4 Å². The van der Waals surface area contributed by atoms with Gasteiger partial charge in [0.05, 0.1) is 11.6 Å². The van der Waals surface area contributed by atoms with Gasteiger partial charge in [0.1, 0.15) is 6.54 Å². The van der Waals surface area contributed by atoms with Crippen LogP contribution in [-0.4, -0.2) is 43.8 Å². The summed E-state index contributed by atoms with van der Waals surface area (Å²) in [6, 6.07) is 1.98. The van der Waals surface area contributed by atoms with Gasteiger partial charge in [-0.2, -0.15) is 10.1 Å². The summed E-state index contributed by atoms with van der Waals surface area (Å²) in [5.41, 5.74) is 1.94. The maximum Gasteiger partial charge on any atom is 0.244 e. The Kier molecular flexibility index (Phi) is 4.45. The molecule has 124 valence electrons. The van der Waals surface area contributed by atoms with Crippen molar-refractivity contribution in [3.63, 3.8) is 0 Å². The maximum absolute atomic E-state index is 12.6. The van der Waals surface area contributed by atoms with Crippen LogP contribution >= 0.6 is 0 Å². The molecule has 2 aromatic heterocycles. The molecule has 0 N–H and O–H groups in total. The van der Waals surface area contributed by atoms with Crippen LogP contribution in [0.1, 0.15) is 48.8 Å². The lowest BCUT2D eigenvalue weighted by Gasteiger charge is -2.31. The molecule has 1 aliphatic rings. The highest BCUT2D eigenvalue weighted by Crippen LogP contribution is 2.26. The number of hydrogen-bond donors (Lipinski definition) is 0. The summed E-state index contributed by atoms with van der Waals surface area (Å²) >= 11 is 0. The van der Waals surface area contributed by atoms with Crippen molar-refractivity contribution < 1.29 is 9.32 Å². The van der Waals surface area contributed by atoms with Gasteiger partial charge in [-0.1, -0.05) is 12.1 Å². The van der Waals surface area contributed by atoms with Crippen molar-refractivity contribution >= 4 is 5.91 Å². The molecule has 0 unspecified atom stereocenters. The van der Waals surface area contributed by atoms with Gasteiger partial charge >= 0.3 is 0 Å². The first-order chi connectivity index (χ1) is 11.1. The summed E-state index contributed by atoms with van der Waals surface area (Å²) in [6.07, 6.45) is 2.70. The van der Waals surface area contributed by atoms with Crippen LogP contribution < -0.4 is 0 Å². The minimum atomic E-state index is 0.0936. The van der Waals surface area contributed by atoms with Crippen molar-refractivity contribution in [1.29, 1.82) is 0 Å². The maximum atomic E-state index is 12.6. The van der Waals surface area contributed by atoms with Crippen molar-refractivity contribution in [2.24, 2.45) is 0 Å². The number of carbonyl (C=O) groups is 1. The van der Waals surface area contributed by atoms with E-state index in [1.54, 1.807) is 4.68 Å². The van der Waals surface area contributed by atoms with E-state index >= 15 is 0 Å². The summed E-state index contributed by atoms with van der Waals surface area (Å²) in [6.45, 7) is 7.62. The molecule has 7 nitrogen and oxygen atoms in total. The Morgan fingerprint density at radius 3 is 2.91 bits per heavy atom. The summed E-state index contributed by atoms with van der Waals surface area (Å²) in [4.78, 5) is 18.9. The van der Waals surface area contributed by atoms with E-state index in [1.807, 2.05) is 31.7 Å². The van der Waals surface area contributed by atoms with Crippen molar-refractivity contribution in [3.05, 3.63) is 29.2 Å². The third kappa shape index (κ3) is 3.43. The molecule has 7 heteroatoms. The highest BCUT2D eigenvalue weighted by molar-refractivity contribution is 5.76. The Morgan fingerprint density at radius 2 is 2.26 bits per heavy atom. The largest absolute Gasteiger partial charge is 0.340 e. The molecule has 1 atom stereocenters. The topological polar surface area (TPSA) is 77.0 Å². The lowest BCUT2D eigenvalue weighted by Crippen LogP contribution is -2.41. The van der Waals surface area contributed by atoms with Gasteiger partial charge in [-0.3, -0.25) is 9.48 Å². The molecule has 3 rings (SSSR count). The second-order valence-corrected chi connectivity index (χ2v) is 6.17. The Balaban J connectivity index is 1.65. The van der Waals surface area contributed by atoms with Gasteiger partial charge in [-0.25, -0.2) is 0 Å². The van der Waals surface area contributed by atoms with E-state index < -0.39 is 0 Å². The first kappa shape index (κ1) is 15.7. The molecule has 1 amide bonds. The number of hydrogen-bond acceptors (Lipinski definition) is 5. The number of piperidine rings is 1. The summed E-state index contributed by atoms with van der Waals surface area (Å²) in [7, 11) is 0. The molecule has 3 heterocycles. The van der Waals surface area contributed by atoms with Crippen LogP contribution in [0.3, 0.4) is 0 Å². The first-order valence-corrected chi connectivity index (χ1v) is 8.18. The number of carbonyl (C=O) groups excluding carboxylic acids is 1. The number of amides is 1. The molecule has 2 aromatic rings. The predicted octanol–water partition coefficient (Wildman–Crippen LogP) is 1.85. The third-order valence-electron chi connectivity index (χ3n) is 4.31. The molecule has 0 aliphatic carbocycles. The van der Waals surface area contributed by atoms with Crippen LogP contribution in [0.4, 0.5) is 0 Å². The van der Waals surface area contributed by atoms with E-state index in [2.05, 4.69) is 15.2 Å². The second kappa shape index (κ2) is 6.52. The molecular weight excluding hydrogens is 294 g/mol. The Hall–Kier alpha value is -2.18. The molecule has 1 fully saturated rings. The van der Waals surface area contributed by atoms with E-state index in [4.69, 9.17) is 4.52 Å². The van der Waals surface area contributed by atoms with E-state index in [0.717, 1.165) is 43.0 Å². The van der Waals surface area contributed by atoms with Gasteiger partial charge in [-0.15, -0.1) is 0 Å². The van der Waals surface area contributed by atoms with E-state index in [9.17, 15) is 4.79 Å². The third-order valence-corrected chi connectivity index (χ3v) is 4.31. The highest BCUT2D eigenvalue weighted by Gasteiger charge is 2.28. The molecule has 23 heavy (non-hydrogen) atoms. The van der Waals surface area contributed by atoms with Gasteiger partial charge in [0.15, 0.2) is 5.82 Å². The molecule has 0 bridgehead atoms. The number of nitrogens with zero attached hydrogens (tertiary/aromatic N) is 5. The second-order valence-electron chi connectivity index (χ2n) is 6.17. The van der Waals surface area contributed by atoms with E-state index in [1.165, 1.54) is 0 Å². The lowest BCUT2D eigenvalue weighted by atomic mass is 9.98. The Morgan fingerprint density at radius 1 is 1.43 bits per heavy atom. The molecular formula is C16H23N5O2. The fourth-order valence-electron chi connectivity index (χ4n) is 3.05. The number of aromatic nitrogens is 4. The zero-order chi connectivity index (χ0) is 16.4. The molecule has 0 spiro atoms. The predicted molar refractivity (Wildman–Crippen MR) is 83.9 cm³/mol. The Labute approximate surface area is 135 Å². The average molecular weight is 317 g/mol. The molecule has 0 saturated carbocycles. The average Bonchev–Trinajstić information content (AvgIpc) is 3.14. The van der Waals surface area contributed by atoms with Crippen molar-refractivity contribution in [1.82, 2.24) is 24.8 Å². The van der Waals surface area contributed by atoms with Crippen LogP contribution in [0.15, 0.2) is 10.6 Å². The summed E-state index contributed by atoms with van der Waals surface area (Å²) in [5, 5.41) is 8.32. The number of rotatable bonds is 4. The smallest absolute Gasteiger partial charge is 0.244 e. The van der Waals surface area contributed by atoms with Crippen molar-refractivity contribution in [3.8, 4) is 0 Å². The lowest BCUT2D eigenvalue weighted by molar-refractivity contribution is -0.133. The number of aryl methyl sites for hydroxylation is 3.